The number of alkyl halides is 3. The Kier molecular flexibility index (Phi) is 5.61. The highest BCUT2D eigenvalue weighted by atomic mass is 79.9. The summed E-state index contributed by atoms with van der Waals surface area (Å²) in [5.74, 6) is 1.41. The van der Waals surface area contributed by atoms with Crippen molar-refractivity contribution in [2.24, 2.45) is 0 Å². The summed E-state index contributed by atoms with van der Waals surface area (Å²) >= 11 is 6.91. The first-order valence-corrected chi connectivity index (χ1v) is 10.3. The summed E-state index contributed by atoms with van der Waals surface area (Å²) in [5, 5.41) is 0. The molecule has 0 aromatic heterocycles. The molecule has 1 saturated heterocycles. The highest BCUT2D eigenvalue weighted by Gasteiger charge is 2.43. The van der Waals surface area contributed by atoms with Crippen LogP contribution in [0, 0.1) is 0 Å². The quantitative estimate of drug-likeness (QED) is 0.516. The van der Waals surface area contributed by atoms with Gasteiger partial charge < -0.3 is 14.4 Å². The van der Waals surface area contributed by atoms with E-state index in [-0.39, 0.29) is 13.2 Å². The van der Waals surface area contributed by atoms with Gasteiger partial charge in [-0.25, -0.2) is 0 Å². The van der Waals surface area contributed by atoms with Crippen LogP contribution in [0.25, 0.3) is 0 Å². The maximum atomic E-state index is 13.0. The van der Waals surface area contributed by atoms with E-state index in [1.165, 1.54) is 0 Å². The van der Waals surface area contributed by atoms with Gasteiger partial charge in [0.05, 0.1) is 18.0 Å². The Bertz CT molecular complexity index is 827. The van der Waals surface area contributed by atoms with Crippen LogP contribution in [-0.4, -0.2) is 50.0 Å². The number of rotatable bonds is 3. The van der Waals surface area contributed by atoms with Crippen LogP contribution in [0.5, 0.6) is 11.5 Å². The van der Waals surface area contributed by atoms with Crippen molar-refractivity contribution in [3.63, 3.8) is 0 Å². The van der Waals surface area contributed by atoms with E-state index in [9.17, 15) is 13.2 Å². The van der Waals surface area contributed by atoms with Gasteiger partial charge >= 0.3 is 6.18 Å². The molecule has 0 amide bonds. The molecule has 1 unspecified atom stereocenters. The Morgan fingerprint density at radius 2 is 1.57 bits per heavy atom. The lowest BCUT2D eigenvalue weighted by Gasteiger charge is -2.37. The lowest BCUT2D eigenvalue weighted by molar-refractivity contribution is -0.236. The summed E-state index contributed by atoms with van der Waals surface area (Å²) in [7, 11) is 0. The molecule has 2 aromatic carbocycles. The zero-order chi connectivity index (χ0) is 19.9. The van der Waals surface area contributed by atoms with E-state index in [1.54, 1.807) is 4.90 Å². The van der Waals surface area contributed by atoms with E-state index in [2.05, 4.69) is 36.8 Å². The molecule has 4 nitrogen and oxygen atoms in total. The fourth-order valence-electron chi connectivity index (χ4n) is 3.42. The second kappa shape index (κ2) is 7.85. The van der Waals surface area contributed by atoms with Gasteiger partial charge in [0, 0.05) is 35.1 Å². The van der Waals surface area contributed by atoms with Crippen molar-refractivity contribution in [1.82, 2.24) is 4.90 Å². The fraction of sp³-hybridized carbons (Fsp3) is 0.368. The normalized spacial score (nSPS) is 19.8. The Balaban J connectivity index is 1.56. The van der Waals surface area contributed by atoms with Gasteiger partial charge in [-0.15, -0.1) is 0 Å². The fourth-order valence-corrected chi connectivity index (χ4v) is 4.10. The van der Waals surface area contributed by atoms with Gasteiger partial charge in [0.1, 0.15) is 0 Å². The minimum absolute atomic E-state index is 0.0837. The molecule has 2 aliphatic heterocycles. The largest absolute Gasteiger partial charge is 0.453 e. The standard InChI is InChI=1S/C19H17Br2F3N2O2/c20-12-1-3-14-16(9-12)28-17-10-13(21)2-4-15(17)26(14)6-5-25-7-8-27-18(11-25)19(22,23)24/h1-4,9-10,18H,5-8,11H2. The molecule has 1 fully saturated rings. The summed E-state index contributed by atoms with van der Waals surface area (Å²) < 4.78 is 51.7. The molecule has 0 radical (unpaired) electrons. The molecule has 0 saturated carbocycles. The highest BCUT2D eigenvalue weighted by Crippen LogP contribution is 2.48. The summed E-state index contributed by atoms with van der Waals surface area (Å²) in [6.07, 6.45) is -6.06. The van der Waals surface area contributed by atoms with Crippen LogP contribution >= 0.6 is 31.9 Å². The SMILES string of the molecule is FC(F)(F)C1CN(CCN2c3ccc(Br)cc3Oc3cc(Br)ccc32)CCO1. The summed E-state index contributed by atoms with van der Waals surface area (Å²) in [6, 6.07) is 11.5. The van der Waals surface area contributed by atoms with E-state index < -0.39 is 12.3 Å². The van der Waals surface area contributed by atoms with Crippen molar-refractivity contribution in [3.05, 3.63) is 45.3 Å². The Hall–Kier alpha value is -1.29. The molecule has 150 valence electrons. The summed E-state index contributed by atoms with van der Waals surface area (Å²) in [5.41, 5.74) is 1.78. The maximum absolute atomic E-state index is 13.0. The average molecular weight is 522 g/mol. The van der Waals surface area contributed by atoms with Crippen molar-refractivity contribution < 1.29 is 22.6 Å². The molecule has 28 heavy (non-hydrogen) atoms. The number of halogens is 5. The van der Waals surface area contributed by atoms with E-state index in [4.69, 9.17) is 9.47 Å². The maximum Gasteiger partial charge on any atom is 0.415 e. The number of ether oxygens (including phenoxy) is 2. The Morgan fingerprint density at radius 3 is 2.14 bits per heavy atom. The van der Waals surface area contributed by atoms with Crippen molar-refractivity contribution in [2.75, 3.05) is 37.7 Å². The number of hydrogen-bond acceptors (Lipinski definition) is 4. The van der Waals surface area contributed by atoms with Crippen molar-refractivity contribution >= 4 is 43.2 Å². The minimum Gasteiger partial charge on any atom is -0.453 e. The number of hydrogen-bond donors (Lipinski definition) is 0. The molecule has 0 spiro atoms. The Labute approximate surface area is 177 Å². The second-order valence-corrected chi connectivity index (χ2v) is 8.51. The molecule has 2 aromatic rings. The van der Waals surface area contributed by atoms with Crippen LogP contribution < -0.4 is 9.64 Å². The predicted octanol–water partition coefficient (Wildman–Crippen LogP) is 5.72. The first-order valence-electron chi connectivity index (χ1n) is 8.76. The van der Waals surface area contributed by atoms with Gasteiger partial charge in [-0.1, -0.05) is 31.9 Å². The molecule has 1 atom stereocenters. The van der Waals surface area contributed by atoms with Gasteiger partial charge in [-0.05, 0) is 36.4 Å². The third kappa shape index (κ3) is 4.17. The molecule has 4 rings (SSSR count). The van der Waals surface area contributed by atoms with Crippen LogP contribution in [0.1, 0.15) is 0 Å². The van der Waals surface area contributed by atoms with E-state index in [0.29, 0.717) is 31.1 Å². The van der Waals surface area contributed by atoms with E-state index in [0.717, 1.165) is 20.3 Å². The van der Waals surface area contributed by atoms with Gasteiger partial charge in [-0.3, -0.25) is 4.90 Å². The van der Waals surface area contributed by atoms with Gasteiger partial charge in [0.2, 0.25) is 0 Å². The van der Waals surface area contributed by atoms with Crippen molar-refractivity contribution in [2.45, 2.75) is 12.3 Å². The van der Waals surface area contributed by atoms with Crippen LogP contribution in [0.15, 0.2) is 45.3 Å². The topological polar surface area (TPSA) is 24.9 Å². The van der Waals surface area contributed by atoms with E-state index >= 15 is 0 Å². The molecule has 0 N–H and O–H groups in total. The van der Waals surface area contributed by atoms with Crippen LogP contribution in [0.3, 0.4) is 0 Å². The molecule has 9 heteroatoms. The zero-order valence-electron chi connectivity index (χ0n) is 14.7. The average Bonchev–Trinajstić information content (AvgIpc) is 2.64. The number of anilines is 2. The molecular weight excluding hydrogens is 505 g/mol. The van der Waals surface area contributed by atoms with Crippen molar-refractivity contribution in [1.29, 1.82) is 0 Å². The summed E-state index contributed by atoms with van der Waals surface area (Å²) in [6.45, 7) is 1.45. The van der Waals surface area contributed by atoms with Crippen LogP contribution in [0.2, 0.25) is 0 Å². The molecule has 2 aliphatic rings. The van der Waals surface area contributed by atoms with Crippen LogP contribution in [0.4, 0.5) is 24.5 Å². The third-order valence-corrected chi connectivity index (χ3v) is 5.79. The zero-order valence-corrected chi connectivity index (χ0v) is 17.8. The molecule has 2 heterocycles. The molecular formula is C19H17Br2F3N2O2. The number of nitrogens with zero attached hydrogens (tertiary/aromatic N) is 2. The Morgan fingerprint density at radius 1 is 0.964 bits per heavy atom. The predicted molar refractivity (Wildman–Crippen MR) is 108 cm³/mol. The monoisotopic (exact) mass is 520 g/mol. The highest BCUT2D eigenvalue weighted by molar-refractivity contribution is 9.10. The lowest BCUT2D eigenvalue weighted by atomic mass is 10.1. The van der Waals surface area contributed by atoms with E-state index in [1.807, 2.05) is 36.4 Å². The summed E-state index contributed by atoms with van der Waals surface area (Å²) in [4.78, 5) is 3.89. The number of benzene rings is 2. The molecule has 0 bridgehead atoms. The number of fused-ring (bicyclic) bond motifs is 2. The molecule has 0 aliphatic carbocycles. The first kappa shape index (κ1) is 20.0. The lowest BCUT2D eigenvalue weighted by Crippen LogP contribution is -2.50. The van der Waals surface area contributed by atoms with Gasteiger partial charge in [-0.2, -0.15) is 13.2 Å². The van der Waals surface area contributed by atoms with Crippen LogP contribution in [-0.2, 0) is 4.74 Å². The number of morpholine rings is 1. The second-order valence-electron chi connectivity index (χ2n) is 6.68. The van der Waals surface area contributed by atoms with Gasteiger partial charge in [0.25, 0.3) is 0 Å². The minimum atomic E-state index is -4.34. The smallest absolute Gasteiger partial charge is 0.415 e. The van der Waals surface area contributed by atoms with Crippen molar-refractivity contribution in [3.8, 4) is 11.5 Å². The van der Waals surface area contributed by atoms with Gasteiger partial charge in [0.15, 0.2) is 17.6 Å². The third-order valence-electron chi connectivity index (χ3n) is 4.80. The first-order chi connectivity index (χ1) is 13.3.